The molecule has 0 saturated heterocycles. The van der Waals surface area contributed by atoms with Crippen molar-refractivity contribution in [2.45, 2.75) is 26.4 Å². The van der Waals surface area contributed by atoms with Crippen molar-refractivity contribution in [3.05, 3.63) is 28.8 Å². The topological polar surface area (TPSA) is 49.5 Å². The maximum absolute atomic E-state index is 9.03. The Labute approximate surface area is 102 Å². The van der Waals surface area contributed by atoms with E-state index in [-0.39, 0.29) is 6.61 Å². The predicted molar refractivity (Wildman–Crippen MR) is 68.9 cm³/mol. The molecule has 0 fully saturated rings. The van der Waals surface area contributed by atoms with Crippen LogP contribution in [0, 0.1) is 0 Å². The molecule has 90 valence electrons. The molecule has 0 atom stereocenters. The van der Waals surface area contributed by atoms with Crippen molar-refractivity contribution in [3.8, 4) is 0 Å². The standard InChI is InChI=1S/C12H19ClN2O/c1-9(2)15(5-6-16)12-4-3-10(8-14)7-11(12)13/h3-4,7,9,16H,5-6,8,14H2,1-2H3. The lowest BCUT2D eigenvalue weighted by atomic mass is 10.1. The molecule has 0 aromatic heterocycles. The van der Waals surface area contributed by atoms with Gasteiger partial charge in [0.2, 0.25) is 0 Å². The first-order valence-corrected chi connectivity index (χ1v) is 5.84. The number of hydrogen-bond donors (Lipinski definition) is 2. The first-order valence-electron chi connectivity index (χ1n) is 5.46. The molecular formula is C12H19ClN2O. The Bertz CT molecular complexity index is 342. The van der Waals surface area contributed by atoms with Crippen LogP contribution in [-0.4, -0.2) is 24.3 Å². The van der Waals surface area contributed by atoms with Crippen molar-refractivity contribution in [1.29, 1.82) is 0 Å². The molecule has 0 saturated carbocycles. The summed E-state index contributed by atoms with van der Waals surface area (Å²) in [6.45, 7) is 5.33. The Hall–Kier alpha value is -0.770. The van der Waals surface area contributed by atoms with E-state index in [2.05, 4.69) is 18.7 Å². The van der Waals surface area contributed by atoms with Crippen LogP contribution in [-0.2, 0) is 6.54 Å². The molecule has 0 unspecified atom stereocenters. The zero-order valence-electron chi connectivity index (χ0n) is 9.78. The number of nitrogens with zero attached hydrogens (tertiary/aromatic N) is 1. The lowest BCUT2D eigenvalue weighted by molar-refractivity contribution is 0.299. The van der Waals surface area contributed by atoms with Gasteiger partial charge in [-0.25, -0.2) is 0 Å². The van der Waals surface area contributed by atoms with Gasteiger partial charge in [-0.3, -0.25) is 0 Å². The SMILES string of the molecule is CC(C)N(CCO)c1ccc(CN)cc1Cl. The first-order chi connectivity index (χ1) is 7.60. The average molecular weight is 243 g/mol. The Morgan fingerprint density at radius 1 is 1.44 bits per heavy atom. The van der Waals surface area contributed by atoms with E-state index >= 15 is 0 Å². The van der Waals surface area contributed by atoms with Crippen LogP contribution in [0.15, 0.2) is 18.2 Å². The van der Waals surface area contributed by atoms with Gasteiger partial charge in [0.1, 0.15) is 0 Å². The van der Waals surface area contributed by atoms with Gasteiger partial charge in [-0.15, -0.1) is 0 Å². The van der Waals surface area contributed by atoms with E-state index in [9.17, 15) is 0 Å². The lowest BCUT2D eigenvalue weighted by Gasteiger charge is -2.29. The van der Waals surface area contributed by atoms with Crippen LogP contribution in [0.2, 0.25) is 5.02 Å². The van der Waals surface area contributed by atoms with E-state index < -0.39 is 0 Å². The lowest BCUT2D eigenvalue weighted by Crippen LogP contribution is -2.33. The molecule has 0 radical (unpaired) electrons. The van der Waals surface area contributed by atoms with Gasteiger partial charge < -0.3 is 15.7 Å². The maximum Gasteiger partial charge on any atom is 0.0642 e. The van der Waals surface area contributed by atoms with E-state index in [1.807, 2.05) is 18.2 Å². The summed E-state index contributed by atoms with van der Waals surface area (Å²) >= 11 is 6.20. The predicted octanol–water partition coefficient (Wildman–Crippen LogP) is 2.01. The van der Waals surface area contributed by atoms with Gasteiger partial charge in [0.25, 0.3) is 0 Å². The Morgan fingerprint density at radius 2 is 2.12 bits per heavy atom. The second-order valence-electron chi connectivity index (χ2n) is 4.00. The molecule has 16 heavy (non-hydrogen) atoms. The van der Waals surface area contributed by atoms with Gasteiger partial charge in [0.05, 0.1) is 17.3 Å². The molecule has 0 heterocycles. The summed E-state index contributed by atoms with van der Waals surface area (Å²) in [6, 6.07) is 6.10. The zero-order valence-corrected chi connectivity index (χ0v) is 10.5. The smallest absolute Gasteiger partial charge is 0.0642 e. The van der Waals surface area contributed by atoms with Crippen molar-refractivity contribution in [1.82, 2.24) is 0 Å². The van der Waals surface area contributed by atoms with Crippen LogP contribution >= 0.6 is 11.6 Å². The molecule has 3 N–H and O–H groups in total. The van der Waals surface area contributed by atoms with Gasteiger partial charge in [0, 0.05) is 19.1 Å². The third kappa shape index (κ3) is 3.11. The van der Waals surface area contributed by atoms with Crippen molar-refractivity contribution >= 4 is 17.3 Å². The van der Waals surface area contributed by atoms with E-state index in [0.717, 1.165) is 11.3 Å². The van der Waals surface area contributed by atoms with E-state index in [4.69, 9.17) is 22.4 Å². The van der Waals surface area contributed by atoms with Crippen LogP contribution in [0.25, 0.3) is 0 Å². The van der Waals surface area contributed by atoms with Crippen molar-refractivity contribution in [2.24, 2.45) is 5.73 Å². The molecule has 1 aromatic carbocycles. The fourth-order valence-electron chi connectivity index (χ4n) is 1.67. The van der Waals surface area contributed by atoms with E-state index in [1.54, 1.807) is 0 Å². The summed E-state index contributed by atoms with van der Waals surface area (Å²) in [4.78, 5) is 2.07. The van der Waals surface area contributed by atoms with Gasteiger partial charge in [-0.2, -0.15) is 0 Å². The van der Waals surface area contributed by atoms with Crippen molar-refractivity contribution < 1.29 is 5.11 Å². The normalized spacial score (nSPS) is 10.9. The molecule has 4 heteroatoms. The number of benzene rings is 1. The molecule has 0 aliphatic carbocycles. The van der Waals surface area contributed by atoms with Crippen LogP contribution in [0.5, 0.6) is 0 Å². The number of aliphatic hydroxyl groups excluding tert-OH is 1. The van der Waals surface area contributed by atoms with E-state index in [1.165, 1.54) is 0 Å². The van der Waals surface area contributed by atoms with E-state index in [0.29, 0.717) is 24.2 Å². The number of hydrogen-bond acceptors (Lipinski definition) is 3. The number of rotatable bonds is 5. The van der Waals surface area contributed by atoms with Crippen molar-refractivity contribution in [2.75, 3.05) is 18.1 Å². The molecule has 0 spiro atoms. The number of anilines is 1. The number of aliphatic hydroxyl groups is 1. The minimum atomic E-state index is 0.118. The molecule has 1 rings (SSSR count). The number of nitrogens with two attached hydrogens (primary N) is 1. The minimum Gasteiger partial charge on any atom is -0.395 e. The van der Waals surface area contributed by atoms with Crippen LogP contribution in [0.1, 0.15) is 19.4 Å². The third-order valence-electron chi connectivity index (χ3n) is 2.52. The van der Waals surface area contributed by atoms with Gasteiger partial charge in [-0.05, 0) is 31.5 Å². The van der Waals surface area contributed by atoms with Gasteiger partial charge in [-0.1, -0.05) is 17.7 Å². The zero-order chi connectivity index (χ0) is 12.1. The molecule has 0 aliphatic rings. The fraction of sp³-hybridized carbons (Fsp3) is 0.500. The van der Waals surface area contributed by atoms with Crippen LogP contribution in [0.4, 0.5) is 5.69 Å². The largest absolute Gasteiger partial charge is 0.395 e. The molecule has 0 bridgehead atoms. The van der Waals surface area contributed by atoms with Crippen LogP contribution < -0.4 is 10.6 Å². The number of halogens is 1. The molecular weight excluding hydrogens is 224 g/mol. The molecule has 1 aromatic rings. The molecule has 0 amide bonds. The quantitative estimate of drug-likeness (QED) is 0.831. The molecule has 0 aliphatic heterocycles. The average Bonchev–Trinajstić information content (AvgIpc) is 2.26. The Morgan fingerprint density at radius 3 is 2.56 bits per heavy atom. The van der Waals surface area contributed by atoms with Gasteiger partial charge in [0.15, 0.2) is 0 Å². The van der Waals surface area contributed by atoms with Crippen LogP contribution in [0.3, 0.4) is 0 Å². The highest BCUT2D eigenvalue weighted by molar-refractivity contribution is 6.33. The summed E-state index contributed by atoms with van der Waals surface area (Å²) < 4.78 is 0. The highest BCUT2D eigenvalue weighted by Crippen LogP contribution is 2.28. The highest BCUT2D eigenvalue weighted by atomic mass is 35.5. The first kappa shape index (κ1) is 13.3. The minimum absolute atomic E-state index is 0.118. The van der Waals surface area contributed by atoms with Crippen molar-refractivity contribution in [3.63, 3.8) is 0 Å². The maximum atomic E-state index is 9.03. The third-order valence-corrected chi connectivity index (χ3v) is 2.82. The Balaban J connectivity index is 3.00. The fourth-order valence-corrected chi connectivity index (χ4v) is 1.99. The second kappa shape index (κ2) is 6.09. The summed E-state index contributed by atoms with van der Waals surface area (Å²) in [5.74, 6) is 0. The summed E-state index contributed by atoms with van der Waals surface area (Å²) in [7, 11) is 0. The summed E-state index contributed by atoms with van der Waals surface area (Å²) in [5, 5.41) is 9.72. The Kier molecular flexibility index (Phi) is 5.06. The monoisotopic (exact) mass is 242 g/mol. The van der Waals surface area contributed by atoms with Gasteiger partial charge >= 0.3 is 0 Å². The summed E-state index contributed by atoms with van der Waals surface area (Å²) in [6.07, 6.45) is 0. The molecule has 3 nitrogen and oxygen atoms in total. The second-order valence-corrected chi connectivity index (χ2v) is 4.41. The summed E-state index contributed by atoms with van der Waals surface area (Å²) in [5.41, 5.74) is 7.51. The highest BCUT2D eigenvalue weighted by Gasteiger charge is 2.13.